The zero-order valence-corrected chi connectivity index (χ0v) is 10.6. The van der Waals surface area contributed by atoms with Gasteiger partial charge in [0.1, 0.15) is 6.17 Å². The Bertz CT molecular complexity index is 367. The van der Waals surface area contributed by atoms with Gasteiger partial charge in [-0.2, -0.15) is 0 Å². The van der Waals surface area contributed by atoms with Gasteiger partial charge in [-0.25, -0.2) is 4.39 Å². The Hall–Kier alpha value is -0.890. The lowest BCUT2D eigenvalue weighted by molar-refractivity contribution is 0.289. The summed E-state index contributed by atoms with van der Waals surface area (Å²) in [5, 5.41) is 0. The molecule has 2 heteroatoms. The summed E-state index contributed by atoms with van der Waals surface area (Å²) in [6, 6.07) is 7.91. The van der Waals surface area contributed by atoms with Crippen molar-refractivity contribution in [3.63, 3.8) is 0 Å². The first-order valence-electron chi connectivity index (χ1n) is 6.63. The number of rotatable bonds is 3. The van der Waals surface area contributed by atoms with Crippen molar-refractivity contribution in [2.75, 3.05) is 6.54 Å². The number of halogens is 1. The van der Waals surface area contributed by atoms with Gasteiger partial charge >= 0.3 is 0 Å². The average Bonchev–Trinajstić information content (AvgIpc) is 2.39. The van der Waals surface area contributed by atoms with E-state index >= 15 is 0 Å². The highest BCUT2D eigenvalue weighted by Crippen LogP contribution is 2.41. The van der Waals surface area contributed by atoms with Crippen LogP contribution >= 0.6 is 0 Å². The smallest absolute Gasteiger partial charge is 0.123 e. The second kappa shape index (κ2) is 5.18. The minimum absolute atomic E-state index is 0.0230. The van der Waals surface area contributed by atoms with Gasteiger partial charge in [-0.1, -0.05) is 43.5 Å². The van der Waals surface area contributed by atoms with Crippen LogP contribution < -0.4 is 5.73 Å². The molecular formula is C15H22FN. The lowest BCUT2D eigenvalue weighted by Gasteiger charge is -2.38. The van der Waals surface area contributed by atoms with E-state index in [0.717, 1.165) is 24.0 Å². The summed E-state index contributed by atoms with van der Waals surface area (Å²) >= 11 is 0. The van der Waals surface area contributed by atoms with Crippen molar-refractivity contribution < 1.29 is 4.39 Å². The van der Waals surface area contributed by atoms with E-state index < -0.39 is 6.17 Å². The van der Waals surface area contributed by atoms with Crippen molar-refractivity contribution in [2.24, 2.45) is 5.73 Å². The first-order chi connectivity index (χ1) is 8.19. The maximum absolute atomic E-state index is 13.7. The first kappa shape index (κ1) is 12.6. The largest absolute Gasteiger partial charge is 0.330 e. The first-order valence-corrected chi connectivity index (χ1v) is 6.63. The number of alkyl halides is 1. The topological polar surface area (TPSA) is 26.0 Å². The fraction of sp³-hybridized carbons (Fsp3) is 0.600. The Morgan fingerprint density at radius 2 is 1.88 bits per heavy atom. The van der Waals surface area contributed by atoms with Crippen molar-refractivity contribution in [2.45, 2.75) is 50.6 Å². The van der Waals surface area contributed by atoms with Gasteiger partial charge in [0.25, 0.3) is 0 Å². The highest BCUT2D eigenvalue weighted by molar-refractivity contribution is 5.36. The molecule has 1 unspecified atom stereocenters. The van der Waals surface area contributed by atoms with E-state index in [4.69, 9.17) is 5.73 Å². The quantitative estimate of drug-likeness (QED) is 0.845. The normalized spacial score (nSPS) is 21.1. The summed E-state index contributed by atoms with van der Waals surface area (Å²) in [5.41, 5.74) is 8.02. The molecule has 1 fully saturated rings. The van der Waals surface area contributed by atoms with Crippen molar-refractivity contribution >= 4 is 0 Å². The molecule has 17 heavy (non-hydrogen) atoms. The summed E-state index contributed by atoms with van der Waals surface area (Å²) in [7, 11) is 0. The van der Waals surface area contributed by atoms with Crippen LogP contribution in [0.15, 0.2) is 24.3 Å². The molecule has 0 spiro atoms. The van der Waals surface area contributed by atoms with Crippen molar-refractivity contribution in [3.8, 4) is 0 Å². The zero-order valence-electron chi connectivity index (χ0n) is 10.6. The molecule has 0 radical (unpaired) electrons. The van der Waals surface area contributed by atoms with Crippen LogP contribution in [0.4, 0.5) is 4.39 Å². The van der Waals surface area contributed by atoms with Crippen LogP contribution in [0.5, 0.6) is 0 Å². The van der Waals surface area contributed by atoms with Crippen molar-refractivity contribution in [1.29, 1.82) is 0 Å². The minimum atomic E-state index is -0.906. The van der Waals surface area contributed by atoms with Gasteiger partial charge in [0.15, 0.2) is 0 Å². The van der Waals surface area contributed by atoms with Gasteiger partial charge in [0.2, 0.25) is 0 Å². The highest BCUT2D eigenvalue weighted by Gasteiger charge is 2.34. The number of benzene rings is 1. The van der Waals surface area contributed by atoms with Gasteiger partial charge in [-0.15, -0.1) is 0 Å². The molecule has 0 aromatic heterocycles. The van der Waals surface area contributed by atoms with Gasteiger partial charge in [0.05, 0.1) is 0 Å². The predicted molar refractivity (Wildman–Crippen MR) is 69.8 cm³/mol. The molecule has 1 aromatic carbocycles. The second-order valence-electron chi connectivity index (χ2n) is 5.25. The third kappa shape index (κ3) is 2.37. The maximum Gasteiger partial charge on any atom is 0.123 e. The van der Waals surface area contributed by atoms with E-state index in [9.17, 15) is 4.39 Å². The fourth-order valence-electron chi connectivity index (χ4n) is 3.14. The lowest BCUT2D eigenvalue weighted by Crippen LogP contribution is -2.38. The molecule has 2 N–H and O–H groups in total. The molecule has 1 atom stereocenters. The van der Waals surface area contributed by atoms with Crippen LogP contribution in [-0.2, 0) is 5.41 Å². The van der Waals surface area contributed by atoms with Crippen LogP contribution in [0.2, 0.25) is 0 Å². The molecule has 94 valence electrons. The molecule has 0 aliphatic heterocycles. The Labute approximate surface area is 103 Å². The monoisotopic (exact) mass is 235 g/mol. The molecule has 0 heterocycles. The Balaban J connectivity index is 2.42. The van der Waals surface area contributed by atoms with Crippen LogP contribution in [0, 0.1) is 0 Å². The molecule has 0 bridgehead atoms. The van der Waals surface area contributed by atoms with E-state index in [1.54, 1.807) is 6.92 Å². The minimum Gasteiger partial charge on any atom is -0.330 e. The standard InChI is InChI=1S/C15H22FN/c1-12(16)13-7-3-4-8-14(13)15(11-17)9-5-2-6-10-15/h3-4,7-8,12H,2,5-6,9-11,17H2,1H3. The van der Waals surface area contributed by atoms with Crippen LogP contribution in [0.25, 0.3) is 0 Å². The third-order valence-electron chi connectivity index (χ3n) is 4.16. The van der Waals surface area contributed by atoms with E-state index in [-0.39, 0.29) is 5.41 Å². The number of nitrogens with two attached hydrogens (primary N) is 1. The molecule has 1 aromatic rings. The summed E-state index contributed by atoms with van der Waals surface area (Å²) < 4.78 is 13.7. The number of hydrogen-bond donors (Lipinski definition) is 1. The highest BCUT2D eigenvalue weighted by atomic mass is 19.1. The molecule has 0 saturated heterocycles. The van der Waals surface area contributed by atoms with E-state index in [1.807, 2.05) is 18.2 Å². The van der Waals surface area contributed by atoms with E-state index in [2.05, 4.69) is 6.07 Å². The third-order valence-corrected chi connectivity index (χ3v) is 4.16. The summed E-state index contributed by atoms with van der Waals surface area (Å²) in [4.78, 5) is 0. The van der Waals surface area contributed by atoms with Crippen LogP contribution in [0.3, 0.4) is 0 Å². The molecule has 1 nitrogen and oxygen atoms in total. The van der Waals surface area contributed by atoms with Gasteiger partial charge in [-0.05, 0) is 30.9 Å². The SMILES string of the molecule is CC(F)c1ccccc1C1(CN)CCCCC1. The van der Waals surface area contributed by atoms with Crippen LogP contribution in [-0.4, -0.2) is 6.54 Å². The molecular weight excluding hydrogens is 213 g/mol. The van der Waals surface area contributed by atoms with E-state index in [0.29, 0.717) is 6.54 Å². The van der Waals surface area contributed by atoms with E-state index in [1.165, 1.54) is 19.3 Å². The summed E-state index contributed by atoms with van der Waals surface area (Å²) in [5.74, 6) is 0. The maximum atomic E-state index is 13.7. The van der Waals surface area contributed by atoms with Gasteiger partial charge in [0, 0.05) is 12.0 Å². The van der Waals surface area contributed by atoms with Gasteiger partial charge in [-0.3, -0.25) is 0 Å². The van der Waals surface area contributed by atoms with Crippen LogP contribution in [0.1, 0.15) is 56.3 Å². The molecule has 1 saturated carbocycles. The molecule has 2 rings (SSSR count). The summed E-state index contributed by atoms with van der Waals surface area (Å²) in [6.45, 7) is 2.25. The Morgan fingerprint density at radius 1 is 1.24 bits per heavy atom. The lowest BCUT2D eigenvalue weighted by atomic mass is 9.68. The second-order valence-corrected chi connectivity index (χ2v) is 5.25. The zero-order chi connectivity index (χ0) is 12.3. The van der Waals surface area contributed by atoms with Crippen molar-refractivity contribution in [3.05, 3.63) is 35.4 Å². The molecule has 1 aliphatic carbocycles. The van der Waals surface area contributed by atoms with Gasteiger partial charge < -0.3 is 5.73 Å². The number of hydrogen-bond acceptors (Lipinski definition) is 1. The average molecular weight is 235 g/mol. The predicted octanol–water partition coefficient (Wildman–Crippen LogP) is 3.88. The Morgan fingerprint density at radius 3 is 2.47 bits per heavy atom. The molecule has 0 amide bonds. The van der Waals surface area contributed by atoms with Crippen molar-refractivity contribution in [1.82, 2.24) is 0 Å². The fourth-order valence-corrected chi connectivity index (χ4v) is 3.14. The Kier molecular flexibility index (Phi) is 3.82. The summed E-state index contributed by atoms with van der Waals surface area (Å²) in [6.07, 6.45) is 5.02. The molecule has 1 aliphatic rings.